The standard InChI is InChI=1S/C20H22N6OS/c1-12-23-17(22-10-19-25-26-20(28-19)13-5-6-13)9-18(24-12)27-11-14-8-15(14)16-4-2-3-7-21-16/h2-4,7,9,13-15H,5-6,8,10-11H2,1H3,(H,22,23,24)/t14-,15+/m1/s1. The van der Waals surface area contributed by atoms with Crippen LogP contribution in [-0.2, 0) is 6.54 Å². The highest BCUT2D eigenvalue weighted by atomic mass is 32.1. The summed E-state index contributed by atoms with van der Waals surface area (Å²) < 4.78 is 5.95. The van der Waals surface area contributed by atoms with E-state index < -0.39 is 0 Å². The fourth-order valence-electron chi connectivity index (χ4n) is 3.29. The van der Waals surface area contributed by atoms with Crippen molar-refractivity contribution in [1.29, 1.82) is 0 Å². The van der Waals surface area contributed by atoms with E-state index in [1.165, 1.54) is 12.8 Å². The lowest BCUT2D eigenvalue weighted by Crippen LogP contribution is -2.07. The summed E-state index contributed by atoms with van der Waals surface area (Å²) in [5, 5.41) is 14.0. The van der Waals surface area contributed by atoms with Crippen LogP contribution in [0.2, 0.25) is 0 Å². The lowest BCUT2D eigenvalue weighted by molar-refractivity contribution is 0.284. The monoisotopic (exact) mass is 394 g/mol. The highest BCUT2D eigenvalue weighted by molar-refractivity contribution is 7.11. The number of aromatic nitrogens is 5. The molecule has 0 spiro atoms. The molecule has 7 nitrogen and oxygen atoms in total. The third-order valence-corrected chi connectivity index (χ3v) is 6.17. The first-order valence-corrected chi connectivity index (χ1v) is 10.5. The molecule has 0 aromatic carbocycles. The molecule has 0 saturated heterocycles. The maximum atomic E-state index is 5.95. The summed E-state index contributed by atoms with van der Waals surface area (Å²) in [4.78, 5) is 13.3. The van der Waals surface area contributed by atoms with Gasteiger partial charge >= 0.3 is 0 Å². The Morgan fingerprint density at radius 2 is 2.14 bits per heavy atom. The van der Waals surface area contributed by atoms with E-state index >= 15 is 0 Å². The molecule has 2 atom stereocenters. The Kier molecular flexibility index (Phi) is 4.64. The van der Waals surface area contributed by atoms with Gasteiger partial charge in [-0.2, -0.15) is 4.98 Å². The van der Waals surface area contributed by atoms with Crippen LogP contribution in [0.3, 0.4) is 0 Å². The van der Waals surface area contributed by atoms with Crippen molar-refractivity contribution in [1.82, 2.24) is 25.1 Å². The van der Waals surface area contributed by atoms with E-state index in [1.807, 2.05) is 31.3 Å². The highest BCUT2D eigenvalue weighted by Gasteiger charge is 2.39. The smallest absolute Gasteiger partial charge is 0.218 e. The summed E-state index contributed by atoms with van der Waals surface area (Å²) >= 11 is 1.69. The van der Waals surface area contributed by atoms with Gasteiger partial charge in [0.05, 0.1) is 13.2 Å². The average molecular weight is 395 g/mol. The molecule has 144 valence electrons. The summed E-state index contributed by atoms with van der Waals surface area (Å²) in [6, 6.07) is 7.93. The zero-order valence-corrected chi connectivity index (χ0v) is 16.5. The molecule has 2 saturated carbocycles. The summed E-state index contributed by atoms with van der Waals surface area (Å²) in [6.07, 6.45) is 5.46. The molecule has 0 amide bonds. The van der Waals surface area contributed by atoms with Gasteiger partial charge in [-0.05, 0) is 38.3 Å². The average Bonchev–Trinajstić information content (AvgIpc) is 3.64. The molecule has 2 aliphatic rings. The summed E-state index contributed by atoms with van der Waals surface area (Å²) in [5.74, 6) is 3.70. The van der Waals surface area contributed by atoms with Gasteiger partial charge in [-0.15, -0.1) is 10.2 Å². The minimum Gasteiger partial charge on any atom is -0.477 e. The number of ether oxygens (including phenoxy) is 1. The molecule has 3 heterocycles. The third-order valence-electron chi connectivity index (χ3n) is 5.08. The molecule has 8 heteroatoms. The minimum absolute atomic E-state index is 0.500. The normalized spacial score (nSPS) is 20.8. The predicted molar refractivity (Wildman–Crippen MR) is 107 cm³/mol. The number of nitrogens with one attached hydrogen (secondary N) is 1. The van der Waals surface area contributed by atoms with Crippen molar-refractivity contribution in [3.05, 3.63) is 52.0 Å². The largest absolute Gasteiger partial charge is 0.477 e. The van der Waals surface area contributed by atoms with Crippen molar-refractivity contribution in [2.45, 2.75) is 44.6 Å². The Morgan fingerprint density at radius 1 is 1.21 bits per heavy atom. The van der Waals surface area contributed by atoms with Gasteiger partial charge in [0, 0.05) is 35.7 Å². The van der Waals surface area contributed by atoms with Gasteiger partial charge in [-0.3, -0.25) is 4.98 Å². The Labute approximate surface area is 167 Å². The SMILES string of the molecule is Cc1nc(NCc2nnc(C3CC3)s2)cc(OC[C@H]2C[C@@H]2c2ccccn2)n1. The van der Waals surface area contributed by atoms with Crippen molar-refractivity contribution < 1.29 is 4.74 Å². The van der Waals surface area contributed by atoms with Gasteiger partial charge in [0.15, 0.2) is 0 Å². The Balaban J connectivity index is 1.16. The zero-order chi connectivity index (χ0) is 18.9. The Bertz CT molecular complexity index is 958. The second-order valence-electron chi connectivity index (χ2n) is 7.47. The second-order valence-corrected chi connectivity index (χ2v) is 8.56. The quantitative estimate of drug-likeness (QED) is 0.623. The van der Waals surface area contributed by atoms with Gasteiger partial charge in [0.1, 0.15) is 21.7 Å². The first kappa shape index (κ1) is 17.5. The second kappa shape index (κ2) is 7.43. The molecule has 2 aliphatic carbocycles. The van der Waals surface area contributed by atoms with Crippen LogP contribution >= 0.6 is 11.3 Å². The van der Waals surface area contributed by atoms with E-state index in [0.29, 0.717) is 42.6 Å². The third kappa shape index (κ3) is 4.11. The Morgan fingerprint density at radius 3 is 2.96 bits per heavy atom. The van der Waals surface area contributed by atoms with E-state index in [-0.39, 0.29) is 0 Å². The number of hydrogen-bond donors (Lipinski definition) is 1. The number of hydrogen-bond acceptors (Lipinski definition) is 8. The number of nitrogens with zero attached hydrogens (tertiary/aromatic N) is 5. The van der Waals surface area contributed by atoms with E-state index in [9.17, 15) is 0 Å². The molecular formula is C20H22N6OS. The fraction of sp³-hybridized carbons (Fsp3) is 0.450. The van der Waals surface area contributed by atoms with Gasteiger partial charge < -0.3 is 10.1 Å². The van der Waals surface area contributed by atoms with Crippen molar-refractivity contribution >= 4 is 17.2 Å². The zero-order valence-electron chi connectivity index (χ0n) is 15.7. The van der Waals surface area contributed by atoms with E-state index in [2.05, 4.69) is 36.5 Å². The molecule has 2 fully saturated rings. The number of aryl methyl sites for hydroxylation is 1. The number of pyridine rings is 1. The van der Waals surface area contributed by atoms with E-state index in [0.717, 1.165) is 27.9 Å². The van der Waals surface area contributed by atoms with Crippen LogP contribution in [0.15, 0.2) is 30.5 Å². The van der Waals surface area contributed by atoms with Crippen molar-refractivity contribution in [3.8, 4) is 5.88 Å². The van der Waals surface area contributed by atoms with Crippen LogP contribution in [0.1, 0.15) is 52.6 Å². The van der Waals surface area contributed by atoms with Crippen molar-refractivity contribution in [3.63, 3.8) is 0 Å². The molecule has 3 aromatic heterocycles. The maximum Gasteiger partial charge on any atom is 0.218 e. The minimum atomic E-state index is 0.500. The van der Waals surface area contributed by atoms with Gasteiger partial charge in [0.25, 0.3) is 0 Å². The summed E-state index contributed by atoms with van der Waals surface area (Å²) in [7, 11) is 0. The van der Waals surface area contributed by atoms with Gasteiger partial charge in [-0.1, -0.05) is 17.4 Å². The first-order chi connectivity index (χ1) is 13.7. The Hall–Kier alpha value is -2.61. The maximum absolute atomic E-state index is 5.95. The molecule has 5 rings (SSSR count). The highest BCUT2D eigenvalue weighted by Crippen LogP contribution is 2.46. The first-order valence-electron chi connectivity index (χ1n) is 9.70. The van der Waals surface area contributed by atoms with E-state index in [1.54, 1.807) is 11.3 Å². The fourth-order valence-corrected chi connectivity index (χ4v) is 4.24. The molecule has 28 heavy (non-hydrogen) atoms. The van der Waals surface area contributed by atoms with Crippen LogP contribution < -0.4 is 10.1 Å². The lowest BCUT2D eigenvalue weighted by atomic mass is 10.2. The van der Waals surface area contributed by atoms with Gasteiger partial charge in [0.2, 0.25) is 5.88 Å². The van der Waals surface area contributed by atoms with Gasteiger partial charge in [-0.25, -0.2) is 4.98 Å². The van der Waals surface area contributed by atoms with Crippen LogP contribution in [0.4, 0.5) is 5.82 Å². The predicted octanol–water partition coefficient (Wildman–Crippen LogP) is 3.70. The van der Waals surface area contributed by atoms with Crippen LogP contribution in [-0.4, -0.2) is 31.8 Å². The van der Waals surface area contributed by atoms with Crippen LogP contribution in [0, 0.1) is 12.8 Å². The topological polar surface area (TPSA) is 85.7 Å². The molecule has 0 aliphatic heterocycles. The molecule has 0 bridgehead atoms. The van der Waals surface area contributed by atoms with Crippen molar-refractivity contribution in [2.24, 2.45) is 5.92 Å². The lowest BCUT2D eigenvalue weighted by Gasteiger charge is -2.09. The van der Waals surface area contributed by atoms with Crippen LogP contribution in [0.25, 0.3) is 0 Å². The van der Waals surface area contributed by atoms with E-state index in [4.69, 9.17) is 4.74 Å². The molecule has 3 aromatic rings. The van der Waals surface area contributed by atoms with Crippen molar-refractivity contribution in [2.75, 3.05) is 11.9 Å². The molecule has 1 N–H and O–H groups in total. The molecule has 0 radical (unpaired) electrons. The number of rotatable bonds is 8. The number of anilines is 1. The molecular weight excluding hydrogens is 372 g/mol. The van der Waals surface area contributed by atoms with Crippen LogP contribution in [0.5, 0.6) is 5.88 Å². The summed E-state index contributed by atoms with van der Waals surface area (Å²) in [6.45, 7) is 3.14. The molecule has 0 unspecified atom stereocenters. The summed E-state index contributed by atoms with van der Waals surface area (Å²) in [5.41, 5.74) is 1.15.